The third kappa shape index (κ3) is 3.11. The topological polar surface area (TPSA) is 13.1 Å². The van der Waals surface area contributed by atoms with E-state index in [-0.39, 0.29) is 0 Å². The molecule has 46 heavy (non-hydrogen) atoms. The van der Waals surface area contributed by atoms with Crippen LogP contribution >= 0.6 is 11.3 Å². The lowest BCUT2D eigenvalue weighted by atomic mass is 10.1. The average Bonchev–Trinajstić information content (AvgIpc) is 3.76. The average molecular weight is 604 g/mol. The number of fused-ring (bicyclic) bond motifs is 11. The third-order valence-electron chi connectivity index (χ3n) is 9.80. The van der Waals surface area contributed by atoms with Crippen molar-refractivity contribution in [1.82, 2.24) is 9.13 Å². The number of para-hydroxylation sites is 5. The monoisotopic (exact) mass is 603 g/mol. The first kappa shape index (κ1) is 24.5. The van der Waals surface area contributed by atoms with Crippen LogP contribution in [-0.4, -0.2) is 9.13 Å². The second-order valence-corrected chi connectivity index (χ2v) is 13.3. The molecule has 1 aliphatic rings. The van der Waals surface area contributed by atoms with Gasteiger partial charge in [0.2, 0.25) is 0 Å². The zero-order valence-electron chi connectivity index (χ0n) is 24.7. The third-order valence-corrected chi connectivity index (χ3v) is 10.9. The number of thiophene rings is 1. The predicted octanol–water partition coefficient (Wildman–Crippen LogP) is 12.0. The lowest BCUT2D eigenvalue weighted by molar-refractivity contribution is 1.11. The van der Waals surface area contributed by atoms with Crippen molar-refractivity contribution in [3.8, 4) is 11.4 Å². The van der Waals surface area contributed by atoms with Gasteiger partial charge in [-0.3, -0.25) is 0 Å². The maximum absolute atomic E-state index is 2.50. The molecule has 0 unspecified atom stereocenters. The molecular formula is C42H25N3S. The molecule has 0 aliphatic carbocycles. The lowest BCUT2D eigenvalue weighted by Crippen LogP contribution is -2.18. The summed E-state index contributed by atoms with van der Waals surface area (Å²) in [4.78, 5) is 2.46. The summed E-state index contributed by atoms with van der Waals surface area (Å²) in [6.45, 7) is 0. The smallest absolute Gasteiger partial charge is 0.0783 e. The van der Waals surface area contributed by atoms with Gasteiger partial charge in [0.15, 0.2) is 0 Å². The molecular weight excluding hydrogens is 579 g/mol. The minimum Gasteiger partial charge on any atom is -0.309 e. The van der Waals surface area contributed by atoms with E-state index in [0.717, 1.165) is 5.69 Å². The van der Waals surface area contributed by atoms with Crippen LogP contribution < -0.4 is 4.90 Å². The molecule has 214 valence electrons. The molecule has 7 aromatic carbocycles. The summed E-state index contributed by atoms with van der Waals surface area (Å²) >= 11 is 1.88. The highest BCUT2D eigenvalue weighted by atomic mass is 32.1. The van der Waals surface area contributed by atoms with Crippen LogP contribution in [0.4, 0.5) is 17.1 Å². The SMILES string of the molecule is c1ccc(-n2c3ccccc3c3cc(N4c5ccccc5-n5c6cc7sc8ccccc8c7cc6c6cccc4c65)ccc32)cc1. The Morgan fingerprint density at radius 1 is 0.348 bits per heavy atom. The fourth-order valence-corrected chi connectivity index (χ4v) is 9.02. The molecule has 0 radical (unpaired) electrons. The number of nitrogens with zero attached hydrogens (tertiary/aromatic N) is 3. The summed E-state index contributed by atoms with van der Waals surface area (Å²) in [5, 5.41) is 7.76. The first-order valence-corrected chi connectivity index (χ1v) is 16.5. The quantitative estimate of drug-likeness (QED) is 0.192. The molecule has 1 aliphatic heterocycles. The maximum atomic E-state index is 2.50. The van der Waals surface area contributed by atoms with Crippen molar-refractivity contribution in [1.29, 1.82) is 0 Å². The van der Waals surface area contributed by atoms with E-state index >= 15 is 0 Å². The Kier molecular flexibility index (Phi) is 4.72. The molecule has 11 rings (SSSR count). The lowest BCUT2D eigenvalue weighted by Gasteiger charge is -2.33. The Bertz CT molecular complexity index is 2870. The summed E-state index contributed by atoms with van der Waals surface area (Å²) in [5.74, 6) is 0. The summed E-state index contributed by atoms with van der Waals surface area (Å²) in [6.07, 6.45) is 0. The van der Waals surface area contributed by atoms with E-state index in [0.29, 0.717) is 0 Å². The zero-order chi connectivity index (χ0) is 29.9. The van der Waals surface area contributed by atoms with Crippen molar-refractivity contribution >= 4 is 92.2 Å². The van der Waals surface area contributed by atoms with E-state index in [1.165, 1.54) is 86.5 Å². The zero-order valence-corrected chi connectivity index (χ0v) is 25.5. The van der Waals surface area contributed by atoms with E-state index in [1.807, 2.05) is 11.3 Å². The molecule has 0 spiro atoms. The van der Waals surface area contributed by atoms with Gasteiger partial charge in [0.05, 0.1) is 39.1 Å². The van der Waals surface area contributed by atoms with Gasteiger partial charge in [0.1, 0.15) is 0 Å². The van der Waals surface area contributed by atoms with E-state index in [2.05, 4.69) is 166 Å². The highest BCUT2D eigenvalue weighted by Crippen LogP contribution is 2.51. The van der Waals surface area contributed by atoms with Gasteiger partial charge in [-0.05, 0) is 72.8 Å². The molecule has 10 aromatic rings. The Morgan fingerprint density at radius 2 is 1.04 bits per heavy atom. The summed E-state index contributed by atoms with van der Waals surface area (Å²) in [5.41, 5.74) is 10.9. The van der Waals surface area contributed by atoms with Crippen molar-refractivity contribution in [3.63, 3.8) is 0 Å². The van der Waals surface area contributed by atoms with Crippen LogP contribution in [0.1, 0.15) is 0 Å². The summed E-state index contributed by atoms with van der Waals surface area (Å²) in [6, 6.07) is 55.7. The van der Waals surface area contributed by atoms with Gasteiger partial charge in [-0.2, -0.15) is 0 Å². The molecule has 0 fully saturated rings. The summed E-state index contributed by atoms with van der Waals surface area (Å²) in [7, 11) is 0. The van der Waals surface area contributed by atoms with Crippen LogP contribution in [0.25, 0.3) is 75.2 Å². The number of aromatic nitrogens is 2. The molecule has 3 aromatic heterocycles. The van der Waals surface area contributed by atoms with Gasteiger partial charge in [0, 0.05) is 53.1 Å². The fraction of sp³-hybridized carbons (Fsp3) is 0. The van der Waals surface area contributed by atoms with Gasteiger partial charge >= 0.3 is 0 Å². The van der Waals surface area contributed by atoms with Gasteiger partial charge in [-0.15, -0.1) is 11.3 Å². The van der Waals surface area contributed by atoms with Crippen molar-refractivity contribution in [2.45, 2.75) is 0 Å². The highest BCUT2D eigenvalue weighted by molar-refractivity contribution is 7.25. The van der Waals surface area contributed by atoms with Crippen LogP contribution in [0.5, 0.6) is 0 Å². The molecule has 0 saturated heterocycles. The van der Waals surface area contributed by atoms with E-state index in [4.69, 9.17) is 0 Å². The molecule has 3 nitrogen and oxygen atoms in total. The van der Waals surface area contributed by atoms with Gasteiger partial charge in [-0.1, -0.05) is 78.9 Å². The maximum Gasteiger partial charge on any atom is 0.0783 e. The van der Waals surface area contributed by atoms with Crippen LogP contribution in [0.2, 0.25) is 0 Å². The van der Waals surface area contributed by atoms with E-state index < -0.39 is 0 Å². The van der Waals surface area contributed by atoms with Crippen molar-refractivity contribution in [2.75, 3.05) is 4.90 Å². The Morgan fingerprint density at radius 3 is 1.96 bits per heavy atom. The number of hydrogen-bond acceptors (Lipinski definition) is 2. The Labute approximate surface area is 268 Å². The molecule has 0 bridgehead atoms. The normalized spacial score (nSPS) is 12.7. The van der Waals surface area contributed by atoms with Crippen LogP contribution in [0.15, 0.2) is 152 Å². The molecule has 0 saturated carbocycles. The number of anilines is 3. The second kappa shape index (κ2) is 8.87. The first-order chi connectivity index (χ1) is 22.8. The van der Waals surface area contributed by atoms with Crippen molar-refractivity contribution < 1.29 is 0 Å². The minimum atomic E-state index is 1.16. The molecule has 4 heteroatoms. The molecule has 0 atom stereocenters. The van der Waals surface area contributed by atoms with Crippen molar-refractivity contribution in [2.24, 2.45) is 0 Å². The van der Waals surface area contributed by atoms with Gasteiger partial charge in [-0.25, -0.2) is 0 Å². The molecule has 4 heterocycles. The standard InChI is InChI=1S/C42H25N3S/c1-2-11-26(12-3-1)43-34-16-6-4-13-28(34)31-23-27(21-22-35(31)43)44-36-17-7-8-18-37(36)45-39-25-41-33(29-14-5-9-20-40(29)46-41)24-32(39)30-15-10-19-38(44)42(30)45/h1-25H. The predicted molar refractivity (Wildman–Crippen MR) is 196 cm³/mol. The largest absolute Gasteiger partial charge is 0.309 e. The van der Waals surface area contributed by atoms with Crippen molar-refractivity contribution in [3.05, 3.63) is 152 Å². The van der Waals surface area contributed by atoms with Gasteiger partial charge < -0.3 is 14.0 Å². The van der Waals surface area contributed by atoms with E-state index in [1.54, 1.807) is 0 Å². The Balaban J connectivity index is 1.21. The number of hydrogen-bond donors (Lipinski definition) is 0. The number of benzene rings is 7. The highest BCUT2D eigenvalue weighted by Gasteiger charge is 2.29. The van der Waals surface area contributed by atoms with Crippen LogP contribution in [-0.2, 0) is 0 Å². The first-order valence-electron chi connectivity index (χ1n) is 15.7. The minimum absolute atomic E-state index is 1.16. The van der Waals surface area contributed by atoms with Crippen LogP contribution in [0, 0.1) is 0 Å². The van der Waals surface area contributed by atoms with E-state index in [9.17, 15) is 0 Å². The number of rotatable bonds is 2. The Hall–Kier alpha value is -5.84. The van der Waals surface area contributed by atoms with Gasteiger partial charge in [0.25, 0.3) is 0 Å². The summed E-state index contributed by atoms with van der Waals surface area (Å²) < 4.78 is 7.54. The fourth-order valence-electron chi connectivity index (χ4n) is 7.90. The molecule has 0 amide bonds. The van der Waals surface area contributed by atoms with Crippen LogP contribution in [0.3, 0.4) is 0 Å². The second-order valence-electron chi connectivity index (χ2n) is 12.2. The molecule has 0 N–H and O–H groups in total.